The number of carbonyl (C=O) groups excluding carboxylic acids is 1. The van der Waals surface area contributed by atoms with Crippen molar-refractivity contribution >= 4 is 17.3 Å². The van der Waals surface area contributed by atoms with Crippen molar-refractivity contribution in [3.63, 3.8) is 0 Å². The van der Waals surface area contributed by atoms with E-state index in [-0.39, 0.29) is 24.8 Å². The molecular formula is C19H18FNO3S. The second-order valence-corrected chi connectivity index (χ2v) is 6.44. The van der Waals surface area contributed by atoms with Gasteiger partial charge in [0.05, 0.1) is 22.7 Å². The van der Waals surface area contributed by atoms with Gasteiger partial charge in [0, 0.05) is 11.8 Å². The number of thiazole rings is 1. The van der Waals surface area contributed by atoms with Gasteiger partial charge in [-0.2, -0.15) is 0 Å². The van der Waals surface area contributed by atoms with E-state index in [0.717, 1.165) is 17.1 Å². The van der Waals surface area contributed by atoms with Crippen LogP contribution >= 0.6 is 11.3 Å². The number of aromatic nitrogens is 1. The van der Waals surface area contributed by atoms with Crippen molar-refractivity contribution in [3.8, 4) is 11.3 Å². The molecule has 0 unspecified atom stereocenters. The van der Waals surface area contributed by atoms with E-state index in [1.54, 1.807) is 41.7 Å². The SMILES string of the molecule is CCc1nc(COC(=O)CCc2ccc(-c3ccccc3F)o2)cs1. The number of hydrogen-bond acceptors (Lipinski definition) is 5. The van der Waals surface area contributed by atoms with Crippen molar-refractivity contribution < 1.29 is 18.3 Å². The van der Waals surface area contributed by atoms with Gasteiger partial charge in [-0.1, -0.05) is 19.1 Å². The highest BCUT2D eigenvalue weighted by molar-refractivity contribution is 7.09. The van der Waals surface area contributed by atoms with Crippen LogP contribution in [0.5, 0.6) is 0 Å². The smallest absolute Gasteiger partial charge is 0.306 e. The van der Waals surface area contributed by atoms with Gasteiger partial charge in [-0.3, -0.25) is 4.79 Å². The molecule has 0 spiro atoms. The van der Waals surface area contributed by atoms with Gasteiger partial charge in [0.1, 0.15) is 23.9 Å². The number of carbonyl (C=O) groups is 1. The third-order valence-electron chi connectivity index (χ3n) is 3.66. The maximum atomic E-state index is 13.7. The summed E-state index contributed by atoms with van der Waals surface area (Å²) in [5.74, 6) is 0.431. The molecule has 0 fully saturated rings. The average molecular weight is 359 g/mol. The van der Waals surface area contributed by atoms with Crippen LogP contribution in [0.15, 0.2) is 46.2 Å². The van der Waals surface area contributed by atoms with Crippen LogP contribution in [0.1, 0.15) is 29.8 Å². The first-order chi connectivity index (χ1) is 12.2. The molecule has 25 heavy (non-hydrogen) atoms. The molecule has 3 aromatic rings. The number of ether oxygens (including phenoxy) is 1. The van der Waals surface area contributed by atoms with Gasteiger partial charge in [-0.25, -0.2) is 9.37 Å². The Labute approximate surface area is 149 Å². The van der Waals surface area contributed by atoms with Crippen LogP contribution in [0.3, 0.4) is 0 Å². The zero-order valence-electron chi connectivity index (χ0n) is 13.8. The van der Waals surface area contributed by atoms with E-state index < -0.39 is 0 Å². The first kappa shape index (κ1) is 17.4. The lowest BCUT2D eigenvalue weighted by Gasteiger charge is -2.02. The fourth-order valence-electron chi connectivity index (χ4n) is 2.35. The molecular weight excluding hydrogens is 341 g/mol. The Morgan fingerprint density at radius 2 is 2.12 bits per heavy atom. The predicted molar refractivity (Wildman–Crippen MR) is 93.7 cm³/mol. The van der Waals surface area contributed by atoms with Crippen LogP contribution in [0.25, 0.3) is 11.3 Å². The predicted octanol–water partition coefficient (Wildman–Crippen LogP) is 4.78. The third-order valence-corrected chi connectivity index (χ3v) is 4.70. The first-order valence-corrected chi connectivity index (χ1v) is 8.96. The summed E-state index contributed by atoms with van der Waals surface area (Å²) in [6.45, 7) is 2.22. The summed E-state index contributed by atoms with van der Waals surface area (Å²) < 4.78 is 24.6. The summed E-state index contributed by atoms with van der Waals surface area (Å²) >= 11 is 1.57. The average Bonchev–Trinajstić information content (AvgIpc) is 3.28. The molecule has 6 heteroatoms. The van der Waals surface area contributed by atoms with Crippen LogP contribution in [0.4, 0.5) is 4.39 Å². The molecule has 130 valence electrons. The Kier molecular flexibility index (Phi) is 5.60. The minimum absolute atomic E-state index is 0.188. The minimum Gasteiger partial charge on any atom is -0.461 e. The van der Waals surface area contributed by atoms with Gasteiger partial charge >= 0.3 is 5.97 Å². The molecule has 0 aliphatic rings. The van der Waals surface area contributed by atoms with Crippen molar-refractivity contribution in [2.24, 2.45) is 0 Å². The van der Waals surface area contributed by atoms with E-state index in [9.17, 15) is 9.18 Å². The quantitative estimate of drug-likeness (QED) is 0.570. The molecule has 2 aromatic heterocycles. The number of nitrogens with zero attached hydrogens (tertiary/aromatic N) is 1. The van der Waals surface area contributed by atoms with Gasteiger partial charge in [-0.05, 0) is 30.7 Å². The summed E-state index contributed by atoms with van der Waals surface area (Å²) in [7, 11) is 0. The molecule has 0 N–H and O–H groups in total. The molecule has 0 aliphatic heterocycles. The Hall–Kier alpha value is -2.47. The van der Waals surface area contributed by atoms with Crippen LogP contribution in [-0.2, 0) is 29.0 Å². The number of furan rings is 1. The molecule has 1 aromatic carbocycles. The van der Waals surface area contributed by atoms with Crippen LogP contribution < -0.4 is 0 Å². The number of hydrogen-bond donors (Lipinski definition) is 0. The zero-order valence-corrected chi connectivity index (χ0v) is 14.6. The molecule has 2 heterocycles. The van der Waals surface area contributed by atoms with E-state index in [1.165, 1.54) is 6.07 Å². The monoisotopic (exact) mass is 359 g/mol. The van der Waals surface area contributed by atoms with E-state index in [4.69, 9.17) is 9.15 Å². The Morgan fingerprint density at radius 3 is 2.88 bits per heavy atom. The Balaban J connectivity index is 1.50. The summed E-state index contributed by atoms with van der Waals surface area (Å²) in [4.78, 5) is 16.2. The van der Waals surface area contributed by atoms with Gasteiger partial charge in [0.25, 0.3) is 0 Å². The molecule has 0 saturated carbocycles. The van der Waals surface area contributed by atoms with Crippen LogP contribution in [-0.4, -0.2) is 11.0 Å². The van der Waals surface area contributed by atoms with E-state index in [1.807, 2.05) is 12.3 Å². The van der Waals surface area contributed by atoms with E-state index in [2.05, 4.69) is 4.98 Å². The fourth-order valence-corrected chi connectivity index (χ4v) is 3.08. The molecule has 0 radical (unpaired) electrons. The van der Waals surface area contributed by atoms with Crippen molar-refractivity contribution in [3.05, 3.63) is 64.1 Å². The highest BCUT2D eigenvalue weighted by Crippen LogP contribution is 2.25. The first-order valence-electron chi connectivity index (χ1n) is 8.08. The second kappa shape index (κ2) is 8.07. The van der Waals surface area contributed by atoms with E-state index in [0.29, 0.717) is 23.5 Å². The number of esters is 1. The molecule has 0 saturated heterocycles. The molecule has 0 amide bonds. The van der Waals surface area contributed by atoms with Gasteiger partial charge < -0.3 is 9.15 Å². The molecule has 4 nitrogen and oxygen atoms in total. The summed E-state index contributed by atoms with van der Waals surface area (Å²) in [6.07, 6.45) is 1.49. The van der Waals surface area contributed by atoms with Crippen molar-refractivity contribution in [2.45, 2.75) is 32.8 Å². The van der Waals surface area contributed by atoms with Gasteiger partial charge in [-0.15, -0.1) is 11.3 Å². The molecule has 0 aliphatic carbocycles. The lowest BCUT2D eigenvalue weighted by molar-refractivity contribution is -0.145. The van der Waals surface area contributed by atoms with Crippen molar-refractivity contribution in [1.82, 2.24) is 4.98 Å². The minimum atomic E-state index is -0.336. The van der Waals surface area contributed by atoms with Crippen molar-refractivity contribution in [1.29, 1.82) is 0 Å². The summed E-state index contributed by atoms with van der Waals surface area (Å²) in [6, 6.07) is 9.89. The van der Waals surface area contributed by atoms with Gasteiger partial charge in [0.15, 0.2) is 0 Å². The fraction of sp³-hybridized carbons (Fsp3) is 0.263. The number of aryl methyl sites for hydroxylation is 2. The lowest BCUT2D eigenvalue weighted by Crippen LogP contribution is -2.06. The number of benzene rings is 1. The van der Waals surface area contributed by atoms with E-state index >= 15 is 0 Å². The topological polar surface area (TPSA) is 52.3 Å². The summed E-state index contributed by atoms with van der Waals surface area (Å²) in [5, 5.41) is 2.93. The highest BCUT2D eigenvalue weighted by Gasteiger charge is 2.11. The Morgan fingerprint density at radius 1 is 1.28 bits per heavy atom. The molecule has 3 rings (SSSR count). The summed E-state index contributed by atoms with van der Waals surface area (Å²) in [5.41, 5.74) is 1.18. The van der Waals surface area contributed by atoms with Crippen LogP contribution in [0, 0.1) is 5.82 Å². The van der Waals surface area contributed by atoms with Gasteiger partial charge in [0.2, 0.25) is 0 Å². The van der Waals surface area contributed by atoms with Crippen molar-refractivity contribution in [2.75, 3.05) is 0 Å². The highest BCUT2D eigenvalue weighted by atomic mass is 32.1. The zero-order chi connectivity index (χ0) is 17.6. The third kappa shape index (κ3) is 4.54. The Bertz CT molecular complexity index is 856. The maximum absolute atomic E-state index is 13.7. The lowest BCUT2D eigenvalue weighted by atomic mass is 10.1. The standard InChI is InChI=1S/C19H18FNO3S/c1-2-18-21-13(12-25-18)11-23-19(22)10-8-14-7-9-17(24-14)15-5-3-4-6-16(15)20/h3-7,9,12H,2,8,10-11H2,1H3. The number of rotatable bonds is 7. The maximum Gasteiger partial charge on any atom is 0.306 e. The normalized spacial score (nSPS) is 10.8. The van der Waals surface area contributed by atoms with Crippen LogP contribution in [0.2, 0.25) is 0 Å². The largest absolute Gasteiger partial charge is 0.461 e. The molecule has 0 bridgehead atoms. The number of halogens is 1. The molecule has 0 atom stereocenters. The second-order valence-electron chi connectivity index (χ2n) is 5.49.